The molecule has 0 aromatic heterocycles. The normalized spacial score (nSPS) is 23.7. The average molecular weight is 425 g/mol. The van der Waals surface area contributed by atoms with Gasteiger partial charge in [-0.25, -0.2) is 13.1 Å². The molecule has 2 N–H and O–H groups in total. The summed E-state index contributed by atoms with van der Waals surface area (Å²) in [6.45, 7) is 8.29. The first kappa shape index (κ1) is 21.1. The van der Waals surface area contributed by atoms with Gasteiger partial charge in [0.15, 0.2) is 0 Å². The molecule has 0 saturated heterocycles. The third-order valence-corrected chi connectivity index (χ3v) is 8.16. The molecule has 0 fully saturated rings. The summed E-state index contributed by atoms with van der Waals surface area (Å²) >= 11 is 0. The van der Waals surface area contributed by atoms with E-state index in [1.165, 1.54) is 11.1 Å². The Balaban J connectivity index is 1.67. The predicted octanol–water partition coefficient (Wildman–Crippen LogP) is 5.71. The highest BCUT2D eigenvalue weighted by molar-refractivity contribution is 7.89. The molecule has 4 atom stereocenters. The van der Waals surface area contributed by atoms with Crippen molar-refractivity contribution >= 4 is 15.7 Å². The third-order valence-electron chi connectivity index (χ3n) is 6.58. The van der Waals surface area contributed by atoms with Crippen molar-refractivity contribution in [2.24, 2.45) is 5.92 Å². The van der Waals surface area contributed by atoms with E-state index in [1.807, 2.05) is 26.0 Å². The minimum absolute atomic E-state index is 0.0820. The van der Waals surface area contributed by atoms with Gasteiger partial charge in [-0.15, -0.1) is 0 Å². The Labute approximate surface area is 180 Å². The predicted molar refractivity (Wildman–Crippen MR) is 123 cm³/mol. The molecule has 0 radical (unpaired) electrons. The van der Waals surface area contributed by atoms with Crippen LogP contribution in [0.2, 0.25) is 0 Å². The molecule has 4 rings (SSSR count). The number of benzene rings is 2. The number of rotatable bonds is 6. The molecule has 1 aliphatic carbocycles. The van der Waals surface area contributed by atoms with E-state index < -0.39 is 10.0 Å². The Hall–Kier alpha value is -2.11. The van der Waals surface area contributed by atoms with Gasteiger partial charge in [0.25, 0.3) is 0 Å². The summed E-state index contributed by atoms with van der Waals surface area (Å²) < 4.78 is 28.4. The lowest BCUT2D eigenvalue weighted by Crippen LogP contribution is -2.33. The fourth-order valence-corrected chi connectivity index (χ4v) is 5.94. The summed E-state index contributed by atoms with van der Waals surface area (Å²) in [5, 5.41) is 3.71. The summed E-state index contributed by atoms with van der Waals surface area (Å²) in [4.78, 5) is 0.349. The molecule has 1 heterocycles. The topological polar surface area (TPSA) is 58.2 Å². The lowest BCUT2D eigenvalue weighted by Gasteiger charge is -2.38. The van der Waals surface area contributed by atoms with E-state index in [0.29, 0.717) is 16.7 Å². The van der Waals surface area contributed by atoms with Crippen molar-refractivity contribution in [3.05, 3.63) is 71.3 Å². The lowest BCUT2D eigenvalue weighted by molar-refractivity contribution is 0.425. The quantitative estimate of drug-likeness (QED) is 0.584. The standard InChI is InChI=1S/C25H32N2O2S/c1-5-17(4)27-30(28,29)20-13-14-24-23(15-20)21-7-6-8-22(21)25(26-24)19-11-9-18(10-12-19)16(2)3/h6-7,9-17,21-22,25-27H,5,8H2,1-4H3. The average Bonchev–Trinajstić information content (AvgIpc) is 3.22. The highest BCUT2D eigenvalue weighted by Gasteiger charge is 2.38. The first-order valence-electron chi connectivity index (χ1n) is 11.0. The number of hydrogen-bond donors (Lipinski definition) is 2. The van der Waals surface area contributed by atoms with Crippen LogP contribution in [0.4, 0.5) is 5.69 Å². The second-order valence-corrected chi connectivity index (χ2v) is 10.7. The summed E-state index contributed by atoms with van der Waals surface area (Å²) in [5.41, 5.74) is 4.75. The summed E-state index contributed by atoms with van der Waals surface area (Å²) in [6.07, 6.45) is 6.24. The maximum absolute atomic E-state index is 12.8. The number of fused-ring (bicyclic) bond motifs is 3. The molecule has 2 aliphatic rings. The number of anilines is 1. The zero-order valence-electron chi connectivity index (χ0n) is 18.2. The molecule has 160 valence electrons. The Morgan fingerprint density at radius 3 is 2.50 bits per heavy atom. The zero-order chi connectivity index (χ0) is 21.5. The second kappa shape index (κ2) is 8.20. The van der Waals surface area contributed by atoms with Gasteiger partial charge in [0.1, 0.15) is 0 Å². The Morgan fingerprint density at radius 1 is 1.10 bits per heavy atom. The molecule has 2 aromatic carbocycles. The maximum Gasteiger partial charge on any atom is 0.240 e. The first-order chi connectivity index (χ1) is 14.3. The monoisotopic (exact) mass is 424 g/mol. The van der Waals surface area contributed by atoms with Crippen molar-refractivity contribution in [1.82, 2.24) is 4.72 Å². The van der Waals surface area contributed by atoms with Gasteiger partial charge in [-0.05, 0) is 66.5 Å². The SMILES string of the molecule is CCC(C)NS(=O)(=O)c1ccc2c(c1)C1C=CCC1C(c1ccc(C(C)C)cc1)N2. The van der Waals surface area contributed by atoms with E-state index in [2.05, 4.69) is 60.3 Å². The van der Waals surface area contributed by atoms with E-state index in [1.54, 1.807) is 6.07 Å². The largest absolute Gasteiger partial charge is 0.378 e. The molecular weight excluding hydrogens is 392 g/mol. The maximum atomic E-state index is 12.8. The van der Waals surface area contributed by atoms with Crippen LogP contribution in [0, 0.1) is 5.92 Å². The van der Waals surface area contributed by atoms with Crippen molar-refractivity contribution in [2.75, 3.05) is 5.32 Å². The van der Waals surface area contributed by atoms with Crippen molar-refractivity contribution in [2.45, 2.75) is 69.4 Å². The van der Waals surface area contributed by atoms with Gasteiger partial charge in [-0.2, -0.15) is 0 Å². The molecule has 0 amide bonds. The van der Waals surface area contributed by atoms with Gasteiger partial charge in [0.2, 0.25) is 10.0 Å². The number of nitrogens with one attached hydrogen (secondary N) is 2. The van der Waals surface area contributed by atoms with E-state index in [9.17, 15) is 8.42 Å². The molecule has 1 aliphatic heterocycles. The molecule has 0 spiro atoms. The molecule has 4 nitrogen and oxygen atoms in total. The van der Waals surface area contributed by atoms with E-state index in [0.717, 1.165) is 24.1 Å². The van der Waals surface area contributed by atoms with Crippen LogP contribution in [-0.4, -0.2) is 14.5 Å². The highest BCUT2D eigenvalue weighted by Crippen LogP contribution is 2.50. The Bertz CT molecular complexity index is 1040. The van der Waals surface area contributed by atoms with Crippen molar-refractivity contribution in [3.8, 4) is 0 Å². The van der Waals surface area contributed by atoms with Gasteiger partial charge in [0.05, 0.1) is 10.9 Å². The number of hydrogen-bond acceptors (Lipinski definition) is 3. The summed E-state index contributed by atoms with van der Waals surface area (Å²) in [7, 11) is -3.51. The Morgan fingerprint density at radius 2 is 1.83 bits per heavy atom. The lowest BCUT2D eigenvalue weighted by atomic mass is 9.77. The minimum Gasteiger partial charge on any atom is -0.378 e. The van der Waals surface area contributed by atoms with Crippen LogP contribution >= 0.6 is 0 Å². The van der Waals surface area contributed by atoms with E-state index in [-0.39, 0.29) is 18.0 Å². The molecule has 0 saturated carbocycles. The smallest absolute Gasteiger partial charge is 0.240 e. The highest BCUT2D eigenvalue weighted by atomic mass is 32.2. The van der Waals surface area contributed by atoms with Gasteiger partial charge < -0.3 is 5.32 Å². The fourth-order valence-electron chi connectivity index (χ4n) is 4.57. The van der Waals surface area contributed by atoms with Crippen LogP contribution in [0.15, 0.2) is 59.5 Å². The van der Waals surface area contributed by atoms with Crippen LogP contribution in [-0.2, 0) is 10.0 Å². The molecule has 0 bridgehead atoms. The van der Waals surface area contributed by atoms with E-state index in [4.69, 9.17) is 0 Å². The van der Waals surface area contributed by atoms with Crippen LogP contribution in [0.3, 0.4) is 0 Å². The molecule has 5 heteroatoms. The van der Waals surface area contributed by atoms with Crippen LogP contribution in [0.5, 0.6) is 0 Å². The second-order valence-electron chi connectivity index (χ2n) is 8.98. The van der Waals surface area contributed by atoms with Gasteiger partial charge >= 0.3 is 0 Å². The van der Waals surface area contributed by atoms with Crippen molar-refractivity contribution in [1.29, 1.82) is 0 Å². The molecule has 30 heavy (non-hydrogen) atoms. The Kier molecular flexibility index (Phi) is 5.78. The molecule has 4 unspecified atom stereocenters. The van der Waals surface area contributed by atoms with Crippen molar-refractivity contribution in [3.63, 3.8) is 0 Å². The third kappa shape index (κ3) is 3.93. The van der Waals surface area contributed by atoms with Crippen LogP contribution in [0.1, 0.15) is 75.1 Å². The van der Waals surface area contributed by atoms with Crippen LogP contribution < -0.4 is 10.0 Å². The van der Waals surface area contributed by atoms with Gasteiger partial charge in [-0.1, -0.05) is 57.2 Å². The number of allylic oxidation sites excluding steroid dienone is 2. The molecule has 2 aromatic rings. The van der Waals surface area contributed by atoms with Gasteiger partial charge in [0, 0.05) is 17.6 Å². The van der Waals surface area contributed by atoms with E-state index >= 15 is 0 Å². The minimum atomic E-state index is -3.51. The van der Waals surface area contributed by atoms with Crippen LogP contribution in [0.25, 0.3) is 0 Å². The summed E-state index contributed by atoms with van der Waals surface area (Å²) in [5.74, 6) is 1.14. The van der Waals surface area contributed by atoms with Crippen molar-refractivity contribution < 1.29 is 8.42 Å². The molecular formula is C25H32N2O2S. The fraction of sp³-hybridized carbons (Fsp3) is 0.440. The van der Waals surface area contributed by atoms with Gasteiger partial charge in [-0.3, -0.25) is 0 Å². The first-order valence-corrected chi connectivity index (χ1v) is 12.5. The summed E-state index contributed by atoms with van der Waals surface area (Å²) in [6, 6.07) is 14.6. The number of sulfonamides is 1. The zero-order valence-corrected chi connectivity index (χ0v) is 19.0.